The van der Waals surface area contributed by atoms with Gasteiger partial charge in [-0.3, -0.25) is 4.90 Å². The molecule has 0 aromatic carbocycles. The van der Waals surface area contributed by atoms with Crippen molar-refractivity contribution in [1.82, 2.24) is 4.90 Å². The second-order valence-corrected chi connectivity index (χ2v) is 7.47. The Hall–Kier alpha value is -0.160. The third-order valence-electron chi connectivity index (χ3n) is 5.88. The lowest BCUT2D eigenvalue weighted by atomic mass is 9.83. The Balaban J connectivity index is 1.32. The molecule has 1 atom stereocenters. The monoisotopic (exact) mass is 295 g/mol. The van der Waals surface area contributed by atoms with Gasteiger partial charge in [-0.2, -0.15) is 0 Å². The molecule has 1 unspecified atom stereocenters. The molecule has 0 radical (unpaired) electrons. The van der Waals surface area contributed by atoms with Crippen molar-refractivity contribution in [3.05, 3.63) is 0 Å². The van der Waals surface area contributed by atoms with Gasteiger partial charge in [-0.25, -0.2) is 0 Å². The highest BCUT2D eigenvalue weighted by Crippen LogP contribution is 2.42. The molecule has 21 heavy (non-hydrogen) atoms. The van der Waals surface area contributed by atoms with Gasteiger partial charge in [0.05, 0.1) is 31.5 Å². The first-order valence-corrected chi connectivity index (χ1v) is 8.96. The fraction of sp³-hybridized carbons (Fsp3) is 1.00. The molecule has 3 aliphatic heterocycles. The van der Waals surface area contributed by atoms with Crippen LogP contribution >= 0.6 is 0 Å². The fourth-order valence-corrected chi connectivity index (χ4v) is 4.84. The highest BCUT2D eigenvalue weighted by molar-refractivity contribution is 4.93. The molecular formula is C17H29NO3. The smallest absolute Gasteiger partial charge is 0.181 e. The maximum atomic E-state index is 6.52. The lowest BCUT2D eigenvalue weighted by molar-refractivity contribution is -0.193. The largest absolute Gasteiger partial charge is 0.370 e. The van der Waals surface area contributed by atoms with Crippen molar-refractivity contribution < 1.29 is 14.2 Å². The van der Waals surface area contributed by atoms with Gasteiger partial charge >= 0.3 is 0 Å². The molecule has 0 aromatic rings. The van der Waals surface area contributed by atoms with Crippen LogP contribution in [-0.4, -0.2) is 55.2 Å². The average molecular weight is 295 g/mol. The van der Waals surface area contributed by atoms with Crippen molar-refractivity contribution in [3.8, 4) is 0 Å². The predicted octanol–water partition coefficient (Wildman–Crippen LogP) is 2.71. The zero-order valence-electron chi connectivity index (χ0n) is 13.1. The van der Waals surface area contributed by atoms with Crippen LogP contribution in [0.2, 0.25) is 0 Å². The summed E-state index contributed by atoms with van der Waals surface area (Å²) in [6, 6.07) is 0. The number of nitrogens with zero attached hydrogens (tertiary/aromatic N) is 1. The third-order valence-corrected chi connectivity index (χ3v) is 5.88. The van der Waals surface area contributed by atoms with Crippen molar-refractivity contribution in [3.63, 3.8) is 0 Å². The Morgan fingerprint density at radius 3 is 2.52 bits per heavy atom. The highest BCUT2D eigenvalue weighted by atomic mass is 16.7. The van der Waals surface area contributed by atoms with E-state index < -0.39 is 0 Å². The summed E-state index contributed by atoms with van der Waals surface area (Å²) in [6.45, 7) is 4.69. The van der Waals surface area contributed by atoms with E-state index in [0.29, 0.717) is 6.10 Å². The summed E-state index contributed by atoms with van der Waals surface area (Å²) >= 11 is 0. The van der Waals surface area contributed by atoms with E-state index >= 15 is 0 Å². The summed E-state index contributed by atoms with van der Waals surface area (Å²) in [5.41, 5.74) is 0.247. The van der Waals surface area contributed by atoms with E-state index in [1.807, 2.05) is 0 Å². The van der Waals surface area contributed by atoms with Crippen LogP contribution < -0.4 is 0 Å². The number of ether oxygens (including phenoxy) is 3. The summed E-state index contributed by atoms with van der Waals surface area (Å²) in [7, 11) is 0. The molecule has 0 bridgehead atoms. The second kappa shape index (κ2) is 5.80. The number of hydrogen-bond donors (Lipinski definition) is 0. The van der Waals surface area contributed by atoms with Crippen LogP contribution in [0.3, 0.4) is 0 Å². The quantitative estimate of drug-likeness (QED) is 0.784. The highest BCUT2D eigenvalue weighted by Gasteiger charge is 2.44. The minimum Gasteiger partial charge on any atom is -0.370 e. The first-order chi connectivity index (χ1) is 10.3. The van der Waals surface area contributed by atoms with Gasteiger partial charge in [0.25, 0.3) is 0 Å². The molecule has 1 saturated carbocycles. The molecule has 3 saturated heterocycles. The Labute approximate surface area is 128 Å². The molecule has 4 rings (SSSR count). The second-order valence-electron chi connectivity index (χ2n) is 7.47. The molecule has 0 aromatic heterocycles. The van der Waals surface area contributed by atoms with E-state index in [2.05, 4.69) is 4.90 Å². The number of likely N-dealkylation sites (tertiary alicyclic amines) is 1. The summed E-state index contributed by atoms with van der Waals surface area (Å²) in [6.07, 6.45) is 11.9. The zero-order valence-corrected chi connectivity index (χ0v) is 13.1. The Morgan fingerprint density at radius 1 is 0.905 bits per heavy atom. The molecule has 4 fully saturated rings. The SMILES string of the molecule is C1CCC2(CC1)CCC(CN1CCCC3(C1)OCCO3)O2. The third kappa shape index (κ3) is 3.00. The molecule has 0 amide bonds. The predicted molar refractivity (Wildman–Crippen MR) is 80.2 cm³/mol. The van der Waals surface area contributed by atoms with Crippen LogP contribution in [0.5, 0.6) is 0 Å². The molecule has 4 nitrogen and oxygen atoms in total. The van der Waals surface area contributed by atoms with Crippen molar-refractivity contribution in [2.75, 3.05) is 32.8 Å². The molecule has 0 N–H and O–H groups in total. The first kappa shape index (κ1) is 14.4. The lowest BCUT2D eigenvalue weighted by Crippen LogP contribution is -2.51. The zero-order chi connectivity index (χ0) is 14.2. The van der Waals surface area contributed by atoms with E-state index in [1.165, 1.54) is 57.9 Å². The molecule has 4 aliphatic rings. The van der Waals surface area contributed by atoms with E-state index in [0.717, 1.165) is 32.7 Å². The number of rotatable bonds is 2. The normalized spacial score (nSPS) is 35.7. The van der Waals surface area contributed by atoms with Gasteiger partial charge in [-0.15, -0.1) is 0 Å². The van der Waals surface area contributed by atoms with Gasteiger partial charge in [-0.1, -0.05) is 19.3 Å². The minimum absolute atomic E-state index is 0.247. The Morgan fingerprint density at radius 2 is 1.71 bits per heavy atom. The van der Waals surface area contributed by atoms with Crippen LogP contribution in [0.15, 0.2) is 0 Å². The molecule has 4 heteroatoms. The van der Waals surface area contributed by atoms with Gasteiger partial charge in [0.1, 0.15) is 0 Å². The van der Waals surface area contributed by atoms with Gasteiger partial charge in [0.15, 0.2) is 5.79 Å². The first-order valence-electron chi connectivity index (χ1n) is 8.96. The van der Waals surface area contributed by atoms with E-state index in [-0.39, 0.29) is 11.4 Å². The van der Waals surface area contributed by atoms with E-state index in [1.54, 1.807) is 0 Å². The topological polar surface area (TPSA) is 30.9 Å². The van der Waals surface area contributed by atoms with Gasteiger partial charge in [0, 0.05) is 13.0 Å². The Bertz CT molecular complexity index is 361. The summed E-state index contributed by atoms with van der Waals surface area (Å²) in [5, 5.41) is 0. The van der Waals surface area contributed by atoms with Crippen molar-refractivity contribution in [1.29, 1.82) is 0 Å². The van der Waals surface area contributed by atoms with Crippen LogP contribution in [0.1, 0.15) is 57.8 Å². The van der Waals surface area contributed by atoms with E-state index in [4.69, 9.17) is 14.2 Å². The fourth-order valence-electron chi connectivity index (χ4n) is 4.84. The van der Waals surface area contributed by atoms with Crippen molar-refractivity contribution in [2.24, 2.45) is 0 Å². The standard InChI is InChI=1S/C17H29NO3/c1-2-6-16(7-3-1)9-5-15(21-16)13-18-10-4-8-17(14-18)19-11-12-20-17/h15H,1-14H2. The van der Waals surface area contributed by atoms with Gasteiger partial charge in [0.2, 0.25) is 0 Å². The Kier molecular flexibility index (Phi) is 3.99. The van der Waals surface area contributed by atoms with Gasteiger partial charge < -0.3 is 14.2 Å². The van der Waals surface area contributed by atoms with Gasteiger partial charge in [-0.05, 0) is 38.6 Å². The summed E-state index contributed by atoms with van der Waals surface area (Å²) < 4.78 is 18.3. The molecule has 120 valence electrons. The van der Waals surface area contributed by atoms with Crippen LogP contribution in [0.25, 0.3) is 0 Å². The minimum atomic E-state index is -0.292. The molecule has 1 aliphatic carbocycles. The molecular weight excluding hydrogens is 266 g/mol. The van der Waals surface area contributed by atoms with Crippen LogP contribution in [-0.2, 0) is 14.2 Å². The average Bonchev–Trinajstić information content (AvgIpc) is 3.09. The number of hydrogen-bond acceptors (Lipinski definition) is 4. The summed E-state index contributed by atoms with van der Waals surface area (Å²) in [4.78, 5) is 2.52. The van der Waals surface area contributed by atoms with Crippen molar-refractivity contribution in [2.45, 2.75) is 75.3 Å². The molecule has 2 spiro atoms. The van der Waals surface area contributed by atoms with Crippen LogP contribution in [0, 0.1) is 0 Å². The van der Waals surface area contributed by atoms with Crippen molar-refractivity contribution >= 4 is 0 Å². The maximum Gasteiger partial charge on any atom is 0.181 e. The molecule has 3 heterocycles. The summed E-state index contributed by atoms with van der Waals surface area (Å²) in [5.74, 6) is -0.292. The maximum absolute atomic E-state index is 6.52. The van der Waals surface area contributed by atoms with Crippen LogP contribution in [0.4, 0.5) is 0 Å². The van der Waals surface area contributed by atoms with E-state index in [9.17, 15) is 0 Å². The lowest BCUT2D eigenvalue weighted by Gasteiger charge is -2.40. The number of piperidine rings is 1.